The Kier molecular flexibility index (Phi) is 20.2. The average molecular weight is 705 g/mol. The zero-order valence-corrected chi connectivity index (χ0v) is 35.2. The molecule has 1 aliphatic rings. The standard InChI is InChI=1S/C38H44N6.4C2H6/c1-39(2)29-9-17-33(18-10-29)43(34-19-11-30(12-20-34)40(3)4)37-25-27-38(28-26-37)44(35-21-13-31(14-22-35)41(5)6)36-23-15-32(16-24-36)42(7)8;4*1-2/h9-28H,1-8H3;4*1-2H3/q+2;;;;. The van der Waals surface area contributed by atoms with Crippen LogP contribution in [0.3, 0.4) is 0 Å². The molecule has 4 aromatic rings. The summed E-state index contributed by atoms with van der Waals surface area (Å²) in [4.78, 5) is 8.68. The van der Waals surface area contributed by atoms with E-state index >= 15 is 0 Å². The molecule has 0 fully saturated rings. The molecule has 0 saturated carbocycles. The summed E-state index contributed by atoms with van der Waals surface area (Å²) in [6, 6.07) is 35.0. The van der Waals surface area contributed by atoms with Crippen LogP contribution in [0.25, 0.3) is 0 Å². The van der Waals surface area contributed by atoms with Gasteiger partial charge in [0.1, 0.15) is 14.1 Å². The zero-order chi connectivity index (χ0) is 39.4. The molecule has 5 rings (SSSR count). The normalized spacial score (nSPS) is 10.8. The van der Waals surface area contributed by atoms with Crippen LogP contribution in [0.5, 0.6) is 0 Å². The Hall–Kier alpha value is -5.10. The Labute approximate surface area is 318 Å². The highest BCUT2D eigenvalue weighted by atomic mass is 15.1. The van der Waals surface area contributed by atoms with Gasteiger partial charge in [-0.2, -0.15) is 4.58 Å². The lowest BCUT2D eigenvalue weighted by Crippen LogP contribution is -2.19. The second-order valence-corrected chi connectivity index (χ2v) is 11.8. The van der Waals surface area contributed by atoms with Crippen molar-refractivity contribution >= 4 is 56.9 Å². The number of anilines is 6. The van der Waals surface area contributed by atoms with E-state index in [1.165, 1.54) is 22.8 Å². The van der Waals surface area contributed by atoms with E-state index in [0.29, 0.717) is 0 Å². The van der Waals surface area contributed by atoms with Gasteiger partial charge in [0.2, 0.25) is 17.1 Å². The smallest absolute Gasteiger partial charge is 0.212 e. The van der Waals surface area contributed by atoms with Crippen LogP contribution in [0.1, 0.15) is 55.4 Å². The van der Waals surface area contributed by atoms with Gasteiger partial charge in [-0.25, -0.2) is 4.58 Å². The van der Waals surface area contributed by atoms with Gasteiger partial charge in [0, 0.05) is 125 Å². The molecule has 0 radical (unpaired) electrons. The molecule has 0 spiro atoms. The molecule has 4 aromatic carbocycles. The molecule has 0 aromatic heterocycles. The van der Waals surface area contributed by atoms with E-state index < -0.39 is 0 Å². The SMILES string of the molecule is CC.CC.CC.CC.CN(C)c1ccc(N(c2ccc(N(C)C)cc2)c2ccc([N+](=C3C=CC(=[N+](C)C)C=C3)c3ccc(N(C)C)cc3)cc2)cc1. The molecule has 52 heavy (non-hydrogen) atoms. The molecule has 0 bridgehead atoms. The summed E-state index contributed by atoms with van der Waals surface area (Å²) in [5.41, 5.74) is 11.3. The molecular formula is C46H68N6+2. The fourth-order valence-corrected chi connectivity index (χ4v) is 5.24. The average Bonchev–Trinajstić information content (AvgIpc) is 3.19. The van der Waals surface area contributed by atoms with Gasteiger partial charge in [-0.1, -0.05) is 55.4 Å². The van der Waals surface area contributed by atoms with Crippen molar-refractivity contribution in [3.05, 3.63) is 121 Å². The van der Waals surface area contributed by atoms with Gasteiger partial charge in [-0.3, -0.25) is 0 Å². The molecule has 0 unspecified atom stereocenters. The highest BCUT2D eigenvalue weighted by Crippen LogP contribution is 2.37. The van der Waals surface area contributed by atoms with Crippen LogP contribution >= 0.6 is 0 Å². The molecule has 6 heteroatoms. The van der Waals surface area contributed by atoms with Crippen LogP contribution in [0.15, 0.2) is 121 Å². The first-order chi connectivity index (χ1) is 25.1. The Balaban J connectivity index is 0.00000158. The van der Waals surface area contributed by atoms with Crippen molar-refractivity contribution in [1.29, 1.82) is 0 Å². The summed E-state index contributed by atoms with van der Waals surface area (Å²) in [6.07, 6.45) is 8.71. The van der Waals surface area contributed by atoms with Crippen molar-refractivity contribution in [2.45, 2.75) is 55.4 Å². The molecule has 1 aliphatic carbocycles. The van der Waals surface area contributed by atoms with Crippen LogP contribution in [0.4, 0.5) is 45.5 Å². The van der Waals surface area contributed by atoms with E-state index in [0.717, 1.165) is 34.1 Å². The number of rotatable bonds is 8. The number of nitrogens with zero attached hydrogens (tertiary/aromatic N) is 6. The summed E-state index contributed by atoms with van der Waals surface area (Å²) in [7, 11) is 16.6. The van der Waals surface area contributed by atoms with E-state index in [2.05, 4.69) is 206 Å². The summed E-state index contributed by atoms with van der Waals surface area (Å²) in [6.45, 7) is 16.0. The number of benzene rings is 4. The summed E-state index contributed by atoms with van der Waals surface area (Å²) >= 11 is 0. The Bertz CT molecular complexity index is 1630. The van der Waals surface area contributed by atoms with Crippen LogP contribution in [-0.2, 0) is 0 Å². The Morgan fingerprint density at radius 1 is 0.327 bits per heavy atom. The van der Waals surface area contributed by atoms with Gasteiger partial charge >= 0.3 is 0 Å². The fraction of sp³-hybridized carbons (Fsp3) is 0.348. The molecule has 280 valence electrons. The molecule has 0 saturated heterocycles. The van der Waals surface area contributed by atoms with Crippen molar-refractivity contribution < 1.29 is 4.58 Å². The van der Waals surface area contributed by atoms with Gasteiger partial charge in [0.05, 0.1) is 0 Å². The topological polar surface area (TPSA) is 19.0 Å². The van der Waals surface area contributed by atoms with Gasteiger partial charge in [-0.15, -0.1) is 0 Å². The third-order valence-electron chi connectivity index (χ3n) is 7.86. The first-order valence-electron chi connectivity index (χ1n) is 18.9. The van der Waals surface area contributed by atoms with Gasteiger partial charge in [-0.05, 0) is 72.8 Å². The maximum Gasteiger partial charge on any atom is 0.212 e. The molecule has 6 nitrogen and oxygen atoms in total. The van der Waals surface area contributed by atoms with Gasteiger partial charge in [0.25, 0.3) is 0 Å². The molecule has 0 heterocycles. The van der Waals surface area contributed by atoms with E-state index in [1.807, 2.05) is 55.4 Å². The predicted molar refractivity (Wildman–Crippen MR) is 238 cm³/mol. The monoisotopic (exact) mass is 705 g/mol. The van der Waals surface area contributed by atoms with Crippen molar-refractivity contribution in [1.82, 2.24) is 4.58 Å². The van der Waals surface area contributed by atoms with Gasteiger partial charge in [0.15, 0.2) is 5.71 Å². The number of hydrogen-bond donors (Lipinski definition) is 0. The minimum absolute atomic E-state index is 1.09. The lowest BCUT2D eigenvalue weighted by Gasteiger charge is -2.27. The van der Waals surface area contributed by atoms with Crippen molar-refractivity contribution in [3.8, 4) is 0 Å². The fourth-order valence-electron chi connectivity index (χ4n) is 5.24. The first kappa shape index (κ1) is 44.9. The van der Waals surface area contributed by atoms with Gasteiger partial charge < -0.3 is 19.6 Å². The maximum atomic E-state index is 2.31. The van der Waals surface area contributed by atoms with Crippen LogP contribution in [0.2, 0.25) is 0 Å². The molecule has 0 atom stereocenters. The minimum Gasteiger partial charge on any atom is -0.378 e. The van der Waals surface area contributed by atoms with Crippen molar-refractivity contribution in [2.24, 2.45) is 0 Å². The molecule has 0 N–H and O–H groups in total. The highest BCUT2D eigenvalue weighted by Gasteiger charge is 2.22. The zero-order valence-electron chi connectivity index (χ0n) is 35.2. The number of hydrogen-bond acceptors (Lipinski definition) is 4. The quantitative estimate of drug-likeness (QED) is 0.134. The number of allylic oxidation sites excluding steroid dienone is 4. The second-order valence-electron chi connectivity index (χ2n) is 11.8. The first-order valence-corrected chi connectivity index (χ1v) is 18.9. The van der Waals surface area contributed by atoms with E-state index in [-0.39, 0.29) is 0 Å². The predicted octanol–water partition coefficient (Wildman–Crippen LogP) is 11.6. The second kappa shape index (κ2) is 23.4. The summed E-state index contributed by atoms with van der Waals surface area (Å²) < 4.78 is 4.43. The Morgan fingerprint density at radius 2 is 0.558 bits per heavy atom. The summed E-state index contributed by atoms with van der Waals surface area (Å²) in [5, 5.41) is 0. The van der Waals surface area contributed by atoms with E-state index in [9.17, 15) is 0 Å². The molecular weight excluding hydrogens is 637 g/mol. The largest absolute Gasteiger partial charge is 0.378 e. The third kappa shape index (κ3) is 12.0. The van der Waals surface area contributed by atoms with E-state index in [4.69, 9.17) is 0 Å². The lowest BCUT2D eigenvalue weighted by molar-refractivity contribution is -0.462. The van der Waals surface area contributed by atoms with Crippen LogP contribution in [0, 0.1) is 0 Å². The van der Waals surface area contributed by atoms with Crippen LogP contribution < -0.4 is 24.2 Å². The minimum atomic E-state index is 1.09. The molecule has 0 aliphatic heterocycles. The third-order valence-corrected chi connectivity index (χ3v) is 7.86. The van der Waals surface area contributed by atoms with E-state index in [1.54, 1.807) is 0 Å². The van der Waals surface area contributed by atoms with Crippen LogP contribution in [-0.4, -0.2) is 72.4 Å². The van der Waals surface area contributed by atoms with Crippen molar-refractivity contribution in [2.75, 3.05) is 76.0 Å². The summed E-state index contributed by atoms with van der Waals surface area (Å²) in [5.74, 6) is 0. The Morgan fingerprint density at radius 3 is 0.827 bits per heavy atom. The highest BCUT2D eigenvalue weighted by molar-refractivity contribution is 6.18. The lowest BCUT2D eigenvalue weighted by atomic mass is 10.1. The van der Waals surface area contributed by atoms with Crippen molar-refractivity contribution in [3.63, 3.8) is 0 Å². The molecule has 0 amide bonds. The maximum absolute atomic E-state index is 2.31.